The van der Waals surface area contributed by atoms with E-state index in [0.717, 1.165) is 64.7 Å². The van der Waals surface area contributed by atoms with E-state index in [9.17, 15) is 33.6 Å². The first-order valence-electron chi connectivity index (χ1n) is 16.9. The molecule has 1 heterocycles. The number of carbonyl (C=O) groups is 4. The van der Waals surface area contributed by atoms with Crippen molar-refractivity contribution >= 4 is 24.1 Å². The Hall–Kier alpha value is -4.37. The van der Waals surface area contributed by atoms with E-state index in [1.807, 2.05) is 0 Å². The van der Waals surface area contributed by atoms with E-state index in [2.05, 4.69) is 22.5 Å². The molecule has 0 aromatic carbocycles. The van der Waals surface area contributed by atoms with E-state index in [1.165, 1.54) is 6.92 Å². The number of hydrogen-bond donors (Lipinski definition) is 3. The summed E-state index contributed by atoms with van der Waals surface area (Å²) in [5.74, 6) is -0.684. The van der Waals surface area contributed by atoms with Crippen LogP contribution in [-0.2, 0) is 43.4 Å². The SMILES string of the molecule is C=CC(=O)OCCOC(=O)NCCCCCCn1c(=O)n(CCCCCCNC(C)=O)c(=O)n(CCCCCCNC(=O)OCC)c1=O. The summed E-state index contributed by atoms with van der Waals surface area (Å²) in [5.41, 5.74) is -1.85. The summed E-state index contributed by atoms with van der Waals surface area (Å²) in [7, 11) is 0. The number of unbranched alkanes of at least 4 members (excludes halogenated alkanes) is 9. The van der Waals surface area contributed by atoms with Crippen LogP contribution < -0.4 is 33.0 Å². The van der Waals surface area contributed by atoms with Crippen molar-refractivity contribution in [3.05, 3.63) is 44.1 Å². The topological polar surface area (TPSA) is 198 Å². The lowest BCUT2D eigenvalue weighted by Gasteiger charge is -2.14. The van der Waals surface area contributed by atoms with Crippen LogP contribution in [0.1, 0.15) is 90.9 Å². The molecule has 0 aliphatic heterocycles. The molecule has 3 amide bonds. The van der Waals surface area contributed by atoms with Crippen molar-refractivity contribution in [2.45, 2.75) is 111 Å². The van der Waals surface area contributed by atoms with Gasteiger partial charge in [0.1, 0.15) is 13.2 Å². The molecule has 0 spiro atoms. The first-order valence-corrected chi connectivity index (χ1v) is 16.9. The van der Waals surface area contributed by atoms with Crippen LogP contribution in [0.3, 0.4) is 0 Å². The van der Waals surface area contributed by atoms with E-state index in [1.54, 1.807) is 6.92 Å². The Labute approximate surface area is 281 Å². The molecule has 0 unspecified atom stereocenters. The molecule has 0 fully saturated rings. The zero-order chi connectivity index (χ0) is 35.6. The lowest BCUT2D eigenvalue weighted by Crippen LogP contribution is -2.54. The van der Waals surface area contributed by atoms with Crippen molar-refractivity contribution in [1.82, 2.24) is 29.7 Å². The Morgan fingerprint density at radius 1 is 0.583 bits per heavy atom. The molecule has 0 aliphatic carbocycles. The van der Waals surface area contributed by atoms with E-state index in [0.29, 0.717) is 58.3 Å². The zero-order valence-corrected chi connectivity index (χ0v) is 28.6. The van der Waals surface area contributed by atoms with Crippen LogP contribution in [0, 0.1) is 0 Å². The van der Waals surface area contributed by atoms with E-state index in [4.69, 9.17) is 14.2 Å². The smallest absolute Gasteiger partial charge is 0.407 e. The third-order valence-corrected chi connectivity index (χ3v) is 7.23. The number of carbonyl (C=O) groups excluding carboxylic acids is 4. The minimum atomic E-state index is -0.625. The third-order valence-electron chi connectivity index (χ3n) is 7.23. The number of nitrogens with zero attached hydrogens (tertiary/aromatic N) is 3. The molecule has 1 rings (SSSR count). The molecule has 0 bridgehead atoms. The molecule has 1 aromatic heterocycles. The van der Waals surface area contributed by atoms with Gasteiger partial charge < -0.3 is 30.2 Å². The summed E-state index contributed by atoms with van der Waals surface area (Å²) in [5, 5.41) is 8.01. The molecule has 16 nitrogen and oxygen atoms in total. The van der Waals surface area contributed by atoms with Gasteiger partial charge in [-0.1, -0.05) is 45.1 Å². The van der Waals surface area contributed by atoms with Crippen LogP contribution in [0.2, 0.25) is 0 Å². The predicted octanol–water partition coefficient (Wildman–Crippen LogP) is 2.19. The van der Waals surface area contributed by atoms with Crippen molar-refractivity contribution < 1.29 is 33.4 Å². The summed E-state index contributed by atoms with van der Waals surface area (Å²) >= 11 is 0. The highest BCUT2D eigenvalue weighted by molar-refractivity contribution is 5.81. The van der Waals surface area contributed by atoms with Gasteiger partial charge in [-0.05, 0) is 45.4 Å². The van der Waals surface area contributed by atoms with Crippen LogP contribution in [-0.4, -0.2) is 77.2 Å². The number of ether oxygens (including phenoxy) is 3. The number of esters is 1. The van der Waals surface area contributed by atoms with Gasteiger partial charge >= 0.3 is 35.2 Å². The molecular formula is C32H54N6O10. The quantitative estimate of drug-likeness (QED) is 0.0564. The molecule has 0 saturated heterocycles. The van der Waals surface area contributed by atoms with Crippen LogP contribution in [0.15, 0.2) is 27.0 Å². The van der Waals surface area contributed by atoms with Gasteiger partial charge in [0.05, 0.1) is 6.61 Å². The standard InChI is InChI=1S/C32H54N6O10/c1-4-27(40)47-24-25-48-29(42)35-20-14-8-11-17-23-38-31(44)36(21-15-9-6-12-18-33-26(3)39)30(43)37(32(38)45)22-16-10-7-13-19-34-28(41)46-5-2/h4H,1,5-25H2,2-3H3,(H,33,39)(H,34,41)(H,35,42). The average Bonchev–Trinajstić information content (AvgIpc) is 3.05. The highest BCUT2D eigenvalue weighted by Gasteiger charge is 2.15. The van der Waals surface area contributed by atoms with Gasteiger partial charge in [-0.15, -0.1) is 0 Å². The Balaban J connectivity index is 2.68. The molecule has 1 aromatic rings. The van der Waals surface area contributed by atoms with Crippen molar-refractivity contribution in [2.75, 3.05) is 39.5 Å². The van der Waals surface area contributed by atoms with Crippen molar-refractivity contribution in [3.8, 4) is 0 Å². The lowest BCUT2D eigenvalue weighted by molar-refractivity contribution is -0.138. The van der Waals surface area contributed by atoms with Crippen molar-refractivity contribution in [1.29, 1.82) is 0 Å². The molecule has 0 aliphatic rings. The second kappa shape index (κ2) is 25.7. The van der Waals surface area contributed by atoms with Gasteiger partial charge in [0, 0.05) is 52.3 Å². The highest BCUT2D eigenvalue weighted by Crippen LogP contribution is 2.03. The Kier molecular flexibility index (Phi) is 22.3. The Morgan fingerprint density at radius 2 is 0.958 bits per heavy atom. The van der Waals surface area contributed by atoms with Gasteiger partial charge in [-0.25, -0.2) is 42.5 Å². The maximum Gasteiger partial charge on any atom is 0.407 e. The first-order chi connectivity index (χ1) is 23.1. The number of aromatic nitrogens is 3. The molecule has 0 atom stereocenters. The van der Waals surface area contributed by atoms with Crippen LogP contribution in [0.5, 0.6) is 0 Å². The Bertz CT molecular complexity index is 1320. The molecule has 0 saturated carbocycles. The van der Waals surface area contributed by atoms with E-state index >= 15 is 0 Å². The fourth-order valence-electron chi connectivity index (χ4n) is 4.72. The van der Waals surface area contributed by atoms with Gasteiger partial charge in [0.15, 0.2) is 0 Å². The summed E-state index contributed by atoms with van der Waals surface area (Å²) in [4.78, 5) is 85.0. The van der Waals surface area contributed by atoms with Gasteiger partial charge in [-0.2, -0.15) is 0 Å². The van der Waals surface area contributed by atoms with Crippen molar-refractivity contribution in [2.24, 2.45) is 0 Å². The predicted molar refractivity (Wildman–Crippen MR) is 179 cm³/mol. The van der Waals surface area contributed by atoms with Gasteiger partial charge in [0.2, 0.25) is 5.91 Å². The fourth-order valence-corrected chi connectivity index (χ4v) is 4.72. The number of nitrogens with one attached hydrogen (secondary N) is 3. The average molecular weight is 683 g/mol. The highest BCUT2D eigenvalue weighted by atomic mass is 16.6. The van der Waals surface area contributed by atoms with Crippen LogP contribution >= 0.6 is 0 Å². The first kappa shape index (κ1) is 41.7. The van der Waals surface area contributed by atoms with E-state index in [-0.39, 0.29) is 38.8 Å². The number of amides is 3. The fraction of sp³-hybridized carbons (Fsp3) is 0.719. The molecule has 0 radical (unpaired) electrons. The summed E-state index contributed by atoms with van der Waals surface area (Å²) in [6.07, 6.45) is 8.28. The molecular weight excluding hydrogens is 628 g/mol. The maximum absolute atomic E-state index is 13.3. The summed E-state index contributed by atoms with van der Waals surface area (Å²) < 4.78 is 17.9. The minimum Gasteiger partial charge on any atom is -0.459 e. The van der Waals surface area contributed by atoms with Crippen molar-refractivity contribution in [3.63, 3.8) is 0 Å². The lowest BCUT2D eigenvalue weighted by atomic mass is 10.2. The summed E-state index contributed by atoms with van der Waals surface area (Å²) in [6.45, 7) is 8.56. The second-order valence-corrected chi connectivity index (χ2v) is 11.1. The molecule has 16 heteroatoms. The van der Waals surface area contributed by atoms with E-state index < -0.39 is 35.2 Å². The molecule has 3 N–H and O–H groups in total. The second-order valence-electron chi connectivity index (χ2n) is 11.1. The monoisotopic (exact) mass is 682 g/mol. The third kappa shape index (κ3) is 18.1. The van der Waals surface area contributed by atoms with Crippen LogP contribution in [0.25, 0.3) is 0 Å². The van der Waals surface area contributed by atoms with Gasteiger partial charge in [0.25, 0.3) is 0 Å². The maximum atomic E-state index is 13.3. The number of rotatable bonds is 26. The summed E-state index contributed by atoms with van der Waals surface area (Å²) in [6, 6.07) is 0. The van der Waals surface area contributed by atoms with Gasteiger partial charge in [-0.3, -0.25) is 4.79 Å². The molecule has 48 heavy (non-hydrogen) atoms. The number of hydrogen-bond acceptors (Lipinski definition) is 10. The zero-order valence-electron chi connectivity index (χ0n) is 28.6. The number of alkyl carbamates (subject to hydrolysis) is 2. The van der Waals surface area contributed by atoms with Crippen LogP contribution in [0.4, 0.5) is 9.59 Å². The largest absolute Gasteiger partial charge is 0.459 e. The minimum absolute atomic E-state index is 0.0666. The normalized spacial score (nSPS) is 10.6. The Morgan fingerprint density at radius 3 is 1.35 bits per heavy atom. The molecule has 272 valence electrons.